The minimum atomic E-state index is -0.0681. The van der Waals surface area contributed by atoms with Gasteiger partial charge in [-0.2, -0.15) is 5.10 Å². The molecule has 0 atom stereocenters. The summed E-state index contributed by atoms with van der Waals surface area (Å²) in [5, 5.41) is 7.35. The first-order chi connectivity index (χ1) is 11.6. The molecule has 128 valence electrons. The zero-order chi connectivity index (χ0) is 17.1. The number of hydrogen-bond donors (Lipinski definition) is 1. The Hall–Kier alpha value is -2.10. The van der Waals surface area contributed by atoms with Crippen molar-refractivity contribution >= 4 is 11.6 Å². The van der Waals surface area contributed by atoms with E-state index in [-0.39, 0.29) is 11.8 Å². The lowest BCUT2D eigenvalue weighted by molar-refractivity contribution is 0.102. The van der Waals surface area contributed by atoms with E-state index in [9.17, 15) is 4.79 Å². The van der Waals surface area contributed by atoms with Crippen LogP contribution in [0.4, 0.5) is 5.69 Å². The number of amides is 1. The van der Waals surface area contributed by atoms with Crippen LogP contribution in [0, 0.1) is 5.92 Å². The Morgan fingerprint density at radius 1 is 1.33 bits per heavy atom. The van der Waals surface area contributed by atoms with Gasteiger partial charge in [0.1, 0.15) is 0 Å². The molecule has 3 rings (SSSR count). The largest absolute Gasteiger partial charge is 0.322 e. The highest BCUT2D eigenvalue weighted by Crippen LogP contribution is 2.34. The lowest BCUT2D eigenvalue weighted by Gasteiger charge is -2.13. The second kappa shape index (κ2) is 7.20. The van der Waals surface area contributed by atoms with Gasteiger partial charge in [0, 0.05) is 12.7 Å². The van der Waals surface area contributed by atoms with Crippen LogP contribution in [0.25, 0.3) is 0 Å². The van der Waals surface area contributed by atoms with Crippen LogP contribution in [-0.4, -0.2) is 15.7 Å². The molecule has 4 nitrogen and oxygen atoms in total. The van der Waals surface area contributed by atoms with Gasteiger partial charge in [0.15, 0.2) is 0 Å². The minimum absolute atomic E-state index is 0.0681. The predicted octanol–water partition coefficient (Wildman–Crippen LogP) is 4.53. The van der Waals surface area contributed by atoms with Gasteiger partial charge in [0.2, 0.25) is 0 Å². The van der Waals surface area contributed by atoms with Gasteiger partial charge in [-0.25, -0.2) is 0 Å². The van der Waals surface area contributed by atoms with Gasteiger partial charge in [-0.3, -0.25) is 9.48 Å². The number of nitrogens with zero attached hydrogens (tertiary/aromatic N) is 2. The fraction of sp³-hybridized carbons (Fsp3) is 0.500. The second-order valence-corrected chi connectivity index (χ2v) is 7.17. The SMILES string of the molecule is CC(C)c1c(C(=O)Nc2ccccc2CCCC2CC2)cnn1C. The smallest absolute Gasteiger partial charge is 0.259 e. The number of aromatic nitrogens is 2. The van der Waals surface area contributed by atoms with Gasteiger partial charge < -0.3 is 5.32 Å². The second-order valence-electron chi connectivity index (χ2n) is 7.17. The molecule has 1 amide bonds. The number of nitrogens with one attached hydrogen (secondary N) is 1. The standard InChI is InChI=1S/C20H27N3O/c1-14(2)19-17(13-21-23(19)3)20(24)22-18-10-5-4-8-16(18)9-6-7-15-11-12-15/h4-5,8,10,13-15H,6-7,9,11-12H2,1-3H3,(H,22,24). The molecule has 0 aliphatic heterocycles. The Morgan fingerprint density at radius 2 is 2.08 bits per heavy atom. The highest BCUT2D eigenvalue weighted by molar-refractivity contribution is 6.05. The molecular formula is C20H27N3O. The maximum Gasteiger partial charge on any atom is 0.259 e. The lowest BCUT2D eigenvalue weighted by atomic mass is 10.0. The van der Waals surface area contributed by atoms with Crippen LogP contribution in [-0.2, 0) is 13.5 Å². The molecule has 1 aromatic heterocycles. The van der Waals surface area contributed by atoms with Gasteiger partial charge in [-0.1, -0.05) is 51.3 Å². The average molecular weight is 325 g/mol. The summed E-state index contributed by atoms with van der Waals surface area (Å²) in [5.74, 6) is 1.14. The molecule has 1 saturated carbocycles. The van der Waals surface area contributed by atoms with Crippen molar-refractivity contribution in [3.05, 3.63) is 47.3 Å². The summed E-state index contributed by atoms with van der Waals surface area (Å²) < 4.78 is 1.79. The molecule has 0 spiro atoms. The van der Waals surface area contributed by atoms with Crippen LogP contribution in [0.2, 0.25) is 0 Å². The summed E-state index contributed by atoms with van der Waals surface area (Å²) >= 11 is 0. The van der Waals surface area contributed by atoms with Crippen LogP contribution in [0.5, 0.6) is 0 Å². The van der Waals surface area contributed by atoms with Crippen LogP contribution in [0.1, 0.15) is 67.1 Å². The van der Waals surface area contributed by atoms with Crippen LogP contribution in [0.15, 0.2) is 30.5 Å². The molecule has 0 bridgehead atoms. The minimum Gasteiger partial charge on any atom is -0.322 e. The van der Waals surface area contributed by atoms with E-state index in [2.05, 4.69) is 30.3 Å². The first-order valence-electron chi connectivity index (χ1n) is 8.97. The van der Waals surface area contributed by atoms with E-state index in [0.29, 0.717) is 5.56 Å². The molecule has 1 aromatic carbocycles. The molecule has 1 aliphatic carbocycles. The van der Waals surface area contributed by atoms with E-state index in [1.54, 1.807) is 10.9 Å². The van der Waals surface area contributed by atoms with Crippen LogP contribution >= 0.6 is 0 Å². The number of para-hydroxylation sites is 1. The molecule has 2 aromatic rings. The summed E-state index contributed by atoms with van der Waals surface area (Å²) in [6.07, 6.45) is 8.00. The number of rotatable bonds is 7. The van der Waals surface area contributed by atoms with Gasteiger partial charge >= 0.3 is 0 Å². The zero-order valence-corrected chi connectivity index (χ0v) is 14.9. The summed E-state index contributed by atoms with van der Waals surface area (Å²) in [5.41, 5.74) is 3.79. The fourth-order valence-corrected chi connectivity index (χ4v) is 3.34. The zero-order valence-electron chi connectivity index (χ0n) is 14.9. The van der Waals surface area contributed by atoms with Gasteiger partial charge in [-0.05, 0) is 36.3 Å². The highest BCUT2D eigenvalue weighted by Gasteiger charge is 2.21. The van der Waals surface area contributed by atoms with Crippen molar-refractivity contribution in [1.29, 1.82) is 0 Å². The monoisotopic (exact) mass is 325 g/mol. The maximum atomic E-state index is 12.7. The quantitative estimate of drug-likeness (QED) is 0.813. The van der Waals surface area contributed by atoms with Crippen molar-refractivity contribution in [3.8, 4) is 0 Å². The normalized spacial score (nSPS) is 14.2. The third kappa shape index (κ3) is 3.86. The molecule has 1 heterocycles. The number of hydrogen-bond acceptors (Lipinski definition) is 2. The maximum absolute atomic E-state index is 12.7. The van der Waals surface area contributed by atoms with Crippen molar-refractivity contribution in [3.63, 3.8) is 0 Å². The average Bonchev–Trinajstić information content (AvgIpc) is 3.28. The Bertz CT molecular complexity index is 713. The highest BCUT2D eigenvalue weighted by atomic mass is 16.1. The van der Waals surface area contributed by atoms with Gasteiger partial charge in [-0.15, -0.1) is 0 Å². The van der Waals surface area contributed by atoms with E-state index >= 15 is 0 Å². The van der Waals surface area contributed by atoms with E-state index in [1.165, 1.54) is 31.2 Å². The predicted molar refractivity (Wildman–Crippen MR) is 97.4 cm³/mol. The van der Waals surface area contributed by atoms with Crippen molar-refractivity contribution in [2.24, 2.45) is 13.0 Å². The Balaban J connectivity index is 1.72. The Kier molecular flexibility index (Phi) is 5.03. The first-order valence-corrected chi connectivity index (χ1v) is 8.97. The Morgan fingerprint density at radius 3 is 2.79 bits per heavy atom. The molecule has 0 saturated heterocycles. The topological polar surface area (TPSA) is 46.9 Å². The van der Waals surface area contributed by atoms with E-state index in [0.717, 1.165) is 23.7 Å². The molecule has 1 N–H and O–H groups in total. The van der Waals surface area contributed by atoms with Crippen molar-refractivity contribution < 1.29 is 4.79 Å². The van der Waals surface area contributed by atoms with Crippen LogP contribution < -0.4 is 5.32 Å². The van der Waals surface area contributed by atoms with Crippen molar-refractivity contribution in [2.75, 3.05) is 5.32 Å². The van der Waals surface area contributed by atoms with Gasteiger partial charge in [0.25, 0.3) is 5.91 Å². The number of benzene rings is 1. The lowest BCUT2D eigenvalue weighted by Crippen LogP contribution is -2.16. The summed E-state index contributed by atoms with van der Waals surface area (Å²) in [6, 6.07) is 8.14. The molecule has 1 aliphatic rings. The number of anilines is 1. The third-order valence-electron chi connectivity index (χ3n) is 4.80. The van der Waals surface area contributed by atoms with Crippen molar-refractivity contribution in [1.82, 2.24) is 9.78 Å². The number of aryl methyl sites for hydroxylation is 2. The molecule has 0 unspecified atom stereocenters. The van der Waals surface area contributed by atoms with E-state index in [4.69, 9.17) is 0 Å². The summed E-state index contributed by atoms with van der Waals surface area (Å²) in [7, 11) is 1.89. The molecule has 24 heavy (non-hydrogen) atoms. The number of carbonyl (C=O) groups excluding carboxylic acids is 1. The molecule has 1 fully saturated rings. The molecule has 0 radical (unpaired) electrons. The third-order valence-corrected chi connectivity index (χ3v) is 4.80. The Labute approximate surface area is 144 Å². The molecule has 4 heteroatoms. The van der Waals surface area contributed by atoms with Gasteiger partial charge in [0.05, 0.1) is 17.5 Å². The summed E-state index contributed by atoms with van der Waals surface area (Å²) in [4.78, 5) is 12.7. The summed E-state index contributed by atoms with van der Waals surface area (Å²) in [6.45, 7) is 4.17. The van der Waals surface area contributed by atoms with E-state index in [1.807, 2.05) is 25.2 Å². The first kappa shape index (κ1) is 16.7. The number of carbonyl (C=O) groups is 1. The molecular weight excluding hydrogens is 298 g/mol. The fourth-order valence-electron chi connectivity index (χ4n) is 3.34. The van der Waals surface area contributed by atoms with E-state index < -0.39 is 0 Å². The van der Waals surface area contributed by atoms with Crippen molar-refractivity contribution in [2.45, 2.75) is 51.9 Å². The van der Waals surface area contributed by atoms with Crippen LogP contribution in [0.3, 0.4) is 0 Å².